The smallest absolute Gasteiger partial charge is 0.120 e. The second-order valence-corrected chi connectivity index (χ2v) is 4.40. The zero-order valence-corrected chi connectivity index (χ0v) is 9.70. The van der Waals surface area contributed by atoms with Gasteiger partial charge in [0.1, 0.15) is 5.75 Å². The van der Waals surface area contributed by atoms with E-state index < -0.39 is 0 Å². The fourth-order valence-corrected chi connectivity index (χ4v) is 2.01. The summed E-state index contributed by atoms with van der Waals surface area (Å²) in [6, 6.07) is 6.24. The molecule has 1 aliphatic rings. The maximum Gasteiger partial charge on any atom is 0.120 e. The maximum atomic E-state index is 9.70. The Morgan fingerprint density at radius 1 is 1.38 bits per heavy atom. The second-order valence-electron chi connectivity index (χ2n) is 4.40. The lowest BCUT2D eigenvalue weighted by Crippen LogP contribution is -2.34. The fraction of sp³-hybridized carbons (Fsp3) is 0.538. The lowest BCUT2D eigenvalue weighted by molar-refractivity contribution is 0.0775. The molecular weight excluding hydrogens is 202 g/mol. The molecule has 88 valence electrons. The third kappa shape index (κ3) is 2.97. The van der Waals surface area contributed by atoms with Crippen LogP contribution in [0.5, 0.6) is 5.75 Å². The van der Waals surface area contributed by atoms with E-state index in [4.69, 9.17) is 4.74 Å². The van der Waals surface area contributed by atoms with Crippen LogP contribution in [0.25, 0.3) is 0 Å². The van der Waals surface area contributed by atoms with Crippen molar-refractivity contribution in [3.05, 3.63) is 29.3 Å². The van der Waals surface area contributed by atoms with Crippen molar-refractivity contribution in [3.8, 4) is 5.75 Å². The molecule has 1 aromatic carbocycles. The largest absolute Gasteiger partial charge is 0.508 e. The first-order chi connectivity index (χ1) is 7.75. The molecule has 1 aromatic rings. The standard InChI is InChI=1S/C13H19NO2/c1-10-2-3-13(15)11(8-10)9-14-12-4-6-16-7-5-12/h2-3,8,12,14-15H,4-7,9H2,1H3. The molecule has 3 heteroatoms. The minimum atomic E-state index is 0.380. The Morgan fingerprint density at radius 2 is 2.12 bits per heavy atom. The molecule has 0 amide bonds. The van der Waals surface area contributed by atoms with Crippen molar-refractivity contribution in [2.75, 3.05) is 13.2 Å². The van der Waals surface area contributed by atoms with Gasteiger partial charge in [-0.15, -0.1) is 0 Å². The van der Waals surface area contributed by atoms with Gasteiger partial charge in [0.15, 0.2) is 0 Å². The number of phenolic OH excluding ortho intramolecular Hbond substituents is 1. The minimum Gasteiger partial charge on any atom is -0.508 e. The molecule has 0 atom stereocenters. The van der Waals surface area contributed by atoms with Crippen LogP contribution in [-0.4, -0.2) is 24.4 Å². The molecule has 3 nitrogen and oxygen atoms in total. The fourth-order valence-electron chi connectivity index (χ4n) is 2.01. The van der Waals surface area contributed by atoms with Crippen molar-refractivity contribution < 1.29 is 9.84 Å². The van der Waals surface area contributed by atoms with Gasteiger partial charge in [0.2, 0.25) is 0 Å². The quantitative estimate of drug-likeness (QED) is 0.820. The molecule has 0 aliphatic carbocycles. The number of rotatable bonds is 3. The van der Waals surface area contributed by atoms with Gasteiger partial charge in [-0.05, 0) is 25.8 Å². The third-order valence-corrected chi connectivity index (χ3v) is 3.04. The van der Waals surface area contributed by atoms with E-state index in [-0.39, 0.29) is 0 Å². The number of benzene rings is 1. The number of hydrogen-bond donors (Lipinski definition) is 2. The average molecular weight is 221 g/mol. The summed E-state index contributed by atoms with van der Waals surface area (Å²) in [5, 5.41) is 13.2. The third-order valence-electron chi connectivity index (χ3n) is 3.04. The van der Waals surface area contributed by atoms with Crippen LogP contribution in [0, 0.1) is 6.92 Å². The van der Waals surface area contributed by atoms with Crippen LogP contribution in [0.4, 0.5) is 0 Å². The van der Waals surface area contributed by atoms with Gasteiger partial charge in [-0.2, -0.15) is 0 Å². The number of nitrogens with one attached hydrogen (secondary N) is 1. The average Bonchev–Trinajstić information content (AvgIpc) is 2.32. The molecule has 0 saturated carbocycles. The van der Waals surface area contributed by atoms with Crippen molar-refractivity contribution in [2.24, 2.45) is 0 Å². The zero-order chi connectivity index (χ0) is 11.4. The van der Waals surface area contributed by atoms with E-state index in [9.17, 15) is 5.11 Å². The van der Waals surface area contributed by atoms with E-state index in [2.05, 4.69) is 5.32 Å². The van der Waals surface area contributed by atoms with E-state index in [0.717, 1.165) is 38.2 Å². The van der Waals surface area contributed by atoms with Crippen LogP contribution in [0.3, 0.4) is 0 Å². The van der Waals surface area contributed by atoms with Crippen LogP contribution in [0.15, 0.2) is 18.2 Å². The summed E-state index contributed by atoms with van der Waals surface area (Å²) in [5.74, 6) is 0.380. The Kier molecular flexibility index (Phi) is 3.80. The van der Waals surface area contributed by atoms with Crippen molar-refractivity contribution >= 4 is 0 Å². The van der Waals surface area contributed by atoms with Gasteiger partial charge >= 0.3 is 0 Å². The molecule has 0 unspecified atom stereocenters. The van der Waals surface area contributed by atoms with Crippen molar-refractivity contribution in [3.63, 3.8) is 0 Å². The van der Waals surface area contributed by atoms with Crippen LogP contribution in [0.2, 0.25) is 0 Å². The summed E-state index contributed by atoms with van der Waals surface area (Å²) in [7, 11) is 0. The molecule has 1 aliphatic heterocycles. The number of aromatic hydroxyl groups is 1. The van der Waals surface area contributed by atoms with E-state index in [1.165, 1.54) is 5.56 Å². The first-order valence-electron chi connectivity index (χ1n) is 5.85. The predicted octanol–water partition coefficient (Wildman–Crippen LogP) is 1.97. The van der Waals surface area contributed by atoms with Crippen molar-refractivity contribution in [1.29, 1.82) is 0 Å². The summed E-state index contributed by atoms with van der Waals surface area (Å²) >= 11 is 0. The Morgan fingerprint density at radius 3 is 2.88 bits per heavy atom. The van der Waals surface area contributed by atoms with Gasteiger partial charge in [0.25, 0.3) is 0 Å². The Labute approximate surface area is 96.4 Å². The van der Waals surface area contributed by atoms with Gasteiger partial charge in [-0.25, -0.2) is 0 Å². The number of phenols is 1. The summed E-state index contributed by atoms with van der Waals surface area (Å²) in [5.41, 5.74) is 2.16. The monoisotopic (exact) mass is 221 g/mol. The van der Waals surface area contributed by atoms with E-state index in [0.29, 0.717) is 11.8 Å². The second kappa shape index (κ2) is 5.32. The molecule has 0 radical (unpaired) electrons. The number of aryl methyl sites for hydroxylation is 1. The zero-order valence-electron chi connectivity index (χ0n) is 9.70. The first-order valence-corrected chi connectivity index (χ1v) is 5.85. The molecule has 0 aromatic heterocycles. The molecule has 2 N–H and O–H groups in total. The number of ether oxygens (including phenoxy) is 1. The normalized spacial score (nSPS) is 17.6. The maximum absolute atomic E-state index is 9.70. The van der Waals surface area contributed by atoms with Crippen LogP contribution < -0.4 is 5.32 Å². The first kappa shape index (κ1) is 11.4. The van der Waals surface area contributed by atoms with Crippen LogP contribution >= 0.6 is 0 Å². The topological polar surface area (TPSA) is 41.5 Å². The highest BCUT2D eigenvalue weighted by Crippen LogP contribution is 2.18. The van der Waals surface area contributed by atoms with Crippen molar-refractivity contribution in [1.82, 2.24) is 5.32 Å². The minimum absolute atomic E-state index is 0.380. The molecule has 2 rings (SSSR count). The molecule has 0 bridgehead atoms. The molecule has 16 heavy (non-hydrogen) atoms. The summed E-state index contributed by atoms with van der Waals surface area (Å²) < 4.78 is 5.31. The number of hydrogen-bond acceptors (Lipinski definition) is 3. The van der Waals surface area contributed by atoms with E-state index >= 15 is 0 Å². The SMILES string of the molecule is Cc1ccc(O)c(CNC2CCOCC2)c1. The van der Waals surface area contributed by atoms with Crippen LogP contribution in [0.1, 0.15) is 24.0 Å². The highest BCUT2D eigenvalue weighted by molar-refractivity contribution is 5.35. The van der Waals surface area contributed by atoms with Crippen LogP contribution in [-0.2, 0) is 11.3 Å². The highest BCUT2D eigenvalue weighted by Gasteiger charge is 2.13. The van der Waals surface area contributed by atoms with Gasteiger partial charge in [0.05, 0.1) is 0 Å². The van der Waals surface area contributed by atoms with Gasteiger partial charge in [-0.3, -0.25) is 0 Å². The molecular formula is C13H19NO2. The lowest BCUT2D eigenvalue weighted by atomic mass is 10.1. The van der Waals surface area contributed by atoms with Crippen molar-refractivity contribution in [2.45, 2.75) is 32.4 Å². The highest BCUT2D eigenvalue weighted by atomic mass is 16.5. The Bertz CT molecular complexity index is 346. The Hall–Kier alpha value is -1.06. The molecule has 1 fully saturated rings. The predicted molar refractivity (Wildman–Crippen MR) is 63.5 cm³/mol. The Balaban J connectivity index is 1.90. The molecule has 1 saturated heterocycles. The lowest BCUT2D eigenvalue weighted by Gasteiger charge is -2.23. The van der Waals surface area contributed by atoms with Gasteiger partial charge in [-0.1, -0.05) is 17.7 Å². The van der Waals surface area contributed by atoms with E-state index in [1.807, 2.05) is 19.1 Å². The van der Waals surface area contributed by atoms with Gasteiger partial charge < -0.3 is 15.2 Å². The molecule has 1 heterocycles. The summed E-state index contributed by atoms with van der Waals surface area (Å²) in [6.07, 6.45) is 2.12. The van der Waals surface area contributed by atoms with Gasteiger partial charge in [0, 0.05) is 31.4 Å². The molecule has 0 spiro atoms. The summed E-state index contributed by atoms with van der Waals surface area (Å²) in [6.45, 7) is 4.46. The van der Waals surface area contributed by atoms with E-state index in [1.54, 1.807) is 6.07 Å². The summed E-state index contributed by atoms with van der Waals surface area (Å²) in [4.78, 5) is 0.